The van der Waals surface area contributed by atoms with E-state index < -0.39 is 10.0 Å². The van der Waals surface area contributed by atoms with Crippen molar-refractivity contribution in [2.45, 2.75) is 18.7 Å². The van der Waals surface area contributed by atoms with Crippen LogP contribution in [0.25, 0.3) is 0 Å². The van der Waals surface area contributed by atoms with Gasteiger partial charge in [0.15, 0.2) is 0 Å². The predicted molar refractivity (Wildman–Crippen MR) is 106 cm³/mol. The third kappa shape index (κ3) is 4.16. The third-order valence-electron chi connectivity index (χ3n) is 4.19. The van der Waals surface area contributed by atoms with Crippen molar-refractivity contribution in [3.8, 4) is 0 Å². The van der Waals surface area contributed by atoms with Gasteiger partial charge in [-0.25, -0.2) is 13.4 Å². The SMILES string of the molecule is CCNc1nc(C)cc(N2CCN(S(=O)(=O)c3ccc(Br)cc3)CC2)n1. The quantitative estimate of drug-likeness (QED) is 0.770. The molecule has 1 aromatic heterocycles. The molecule has 0 amide bonds. The molecule has 3 rings (SSSR count). The molecule has 0 radical (unpaired) electrons. The maximum Gasteiger partial charge on any atom is 0.243 e. The number of aryl methyl sites for hydroxylation is 1. The Balaban J connectivity index is 1.72. The lowest BCUT2D eigenvalue weighted by Gasteiger charge is -2.34. The molecule has 2 aromatic rings. The number of aromatic nitrogens is 2. The molecule has 0 saturated carbocycles. The van der Waals surface area contributed by atoms with E-state index in [9.17, 15) is 8.42 Å². The van der Waals surface area contributed by atoms with Crippen LogP contribution in [0.15, 0.2) is 39.7 Å². The Bertz CT molecular complexity index is 865. The highest BCUT2D eigenvalue weighted by molar-refractivity contribution is 9.10. The lowest BCUT2D eigenvalue weighted by atomic mass is 10.3. The van der Waals surface area contributed by atoms with E-state index in [1.165, 1.54) is 4.31 Å². The first-order chi connectivity index (χ1) is 12.4. The number of piperazine rings is 1. The summed E-state index contributed by atoms with van der Waals surface area (Å²) in [7, 11) is -3.47. The molecule has 0 atom stereocenters. The van der Waals surface area contributed by atoms with Gasteiger partial charge in [-0.15, -0.1) is 0 Å². The van der Waals surface area contributed by atoms with Crippen molar-refractivity contribution in [2.75, 3.05) is 42.9 Å². The number of anilines is 2. The summed E-state index contributed by atoms with van der Waals surface area (Å²) in [5.41, 5.74) is 0.885. The van der Waals surface area contributed by atoms with Crippen molar-refractivity contribution in [3.63, 3.8) is 0 Å². The van der Waals surface area contributed by atoms with E-state index in [2.05, 4.69) is 36.1 Å². The average molecular weight is 440 g/mol. The number of benzene rings is 1. The van der Waals surface area contributed by atoms with Crippen molar-refractivity contribution in [2.24, 2.45) is 0 Å². The molecule has 1 N–H and O–H groups in total. The Morgan fingerprint density at radius 1 is 1.12 bits per heavy atom. The summed E-state index contributed by atoms with van der Waals surface area (Å²) in [4.78, 5) is 11.3. The van der Waals surface area contributed by atoms with Gasteiger partial charge in [-0.2, -0.15) is 9.29 Å². The fourth-order valence-electron chi connectivity index (χ4n) is 2.86. The Morgan fingerprint density at radius 2 is 1.77 bits per heavy atom. The average Bonchev–Trinajstić information content (AvgIpc) is 2.62. The third-order valence-corrected chi connectivity index (χ3v) is 6.63. The van der Waals surface area contributed by atoms with E-state index in [0.717, 1.165) is 22.5 Å². The monoisotopic (exact) mass is 439 g/mol. The zero-order chi connectivity index (χ0) is 18.7. The van der Waals surface area contributed by atoms with Gasteiger partial charge in [-0.3, -0.25) is 0 Å². The highest BCUT2D eigenvalue weighted by Gasteiger charge is 2.29. The van der Waals surface area contributed by atoms with Gasteiger partial charge < -0.3 is 10.2 Å². The van der Waals surface area contributed by atoms with E-state index in [-0.39, 0.29) is 0 Å². The number of sulfonamides is 1. The maximum absolute atomic E-state index is 12.8. The topological polar surface area (TPSA) is 78.4 Å². The van der Waals surface area contributed by atoms with E-state index >= 15 is 0 Å². The van der Waals surface area contributed by atoms with Crippen molar-refractivity contribution in [1.82, 2.24) is 14.3 Å². The normalized spacial score (nSPS) is 15.9. The molecule has 9 heteroatoms. The Hall–Kier alpha value is -1.71. The summed E-state index contributed by atoms with van der Waals surface area (Å²) in [5.74, 6) is 1.43. The first-order valence-electron chi connectivity index (χ1n) is 8.50. The molecule has 0 spiro atoms. The van der Waals surface area contributed by atoms with Gasteiger partial charge in [-0.1, -0.05) is 15.9 Å². The summed E-state index contributed by atoms with van der Waals surface area (Å²) in [6.07, 6.45) is 0. The maximum atomic E-state index is 12.8. The van der Waals surface area contributed by atoms with Crippen LogP contribution in [0.5, 0.6) is 0 Å². The summed E-state index contributed by atoms with van der Waals surface area (Å²) in [6, 6.07) is 8.67. The first-order valence-corrected chi connectivity index (χ1v) is 10.7. The van der Waals surface area contributed by atoms with Crippen LogP contribution in [0.4, 0.5) is 11.8 Å². The lowest BCUT2D eigenvalue weighted by Crippen LogP contribution is -2.49. The van der Waals surface area contributed by atoms with E-state index in [1.54, 1.807) is 24.3 Å². The highest BCUT2D eigenvalue weighted by Crippen LogP contribution is 2.22. The zero-order valence-electron chi connectivity index (χ0n) is 14.8. The van der Waals surface area contributed by atoms with Gasteiger partial charge in [0.1, 0.15) is 5.82 Å². The second kappa shape index (κ2) is 7.89. The smallest absolute Gasteiger partial charge is 0.243 e. The van der Waals surface area contributed by atoms with Crippen LogP contribution < -0.4 is 10.2 Å². The molecule has 26 heavy (non-hydrogen) atoms. The molecule has 7 nitrogen and oxygen atoms in total. The number of rotatable bonds is 5. The van der Waals surface area contributed by atoms with Crippen LogP contribution in [-0.2, 0) is 10.0 Å². The van der Waals surface area contributed by atoms with Crippen LogP contribution >= 0.6 is 15.9 Å². The van der Waals surface area contributed by atoms with Crippen LogP contribution in [0.1, 0.15) is 12.6 Å². The van der Waals surface area contributed by atoms with E-state index in [0.29, 0.717) is 37.0 Å². The van der Waals surface area contributed by atoms with Crippen molar-refractivity contribution >= 4 is 37.7 Å². The van der Waals surface area contributed by atoms with Gasteiger partial charge in [0.2, 0.25) is 16.0 Å². The lowest BCUT2D eigenvalue weighted by molar-refractivity contribution is 0.384. The van der Waals surface area contributed by atoms with Crippen LogP contribution in [0.2, 0.25) is 0 Å². The van der Waals surface area contributed by atoms with Crippen LogP contribution in [0, 0.1) is 6.92 Å². The molecule has 0 bridgehead atoms. The number of hydrogen-bond donors (Lipinski definition) is 1. The van der Waals surface area contributed by atoms with Crippen LogP contribution in [0.3, 0.4) is 0 Å². The summed E-state index contributed by atoms with van der Waals surface area (Å²) < 4.78 is 28.0. The van der Waals surface area contributed by atoms with Crippen molar-refractivity contribution in [1.29, 1.82) is 0 Å². The second-order valence-corrected chi connectivity index (χ2v) is 8.92. The molecule has 1 aromatic carbocycles. The predicted octanol–water partition coefficient (Wildman–Crippen LogP) is 2.49. The number of nitrogens with zero attached hydrogens (tertiary/aromatic N) is 4. The zero-order valence-corrected chi connectivity index (χ0v) is 17.2. The second-order valence-electron chi connectivity index (χ2n) is 6.07. The molecular formula is C17H22BrN5O2S. The number of halogens is 1. The summed E-state index contributed by atoms with van der Waals surface area (Å²) in [6.45, 7) is 6.73. The fourth-order valence-corrected chi connectivity index (χ4v) is 4.55. The number of hydrogen-bond acceptors (Lipinski definition) is 6. The first kappa shape index (κ1) is 19.1. The minimum Gasteiger partial charge on any atom is -0.354 e. The van der Waals surface area contributed by atoms with Crippen molar-refractivity contribution < 1.29 is 8.42 Å². The number of nitrogens with one attached hydrogen (secondary N) is 1. The van der Waals surface area contributed by atoms with Gasteiger partial charge in [0.25, 0.3) is 0 Å². The Morgan fingerprint density at radius 3 is 2.38 bits per heavy atom. The highest BCUT2D eigenvalue weighted by atomic mass is 79.9. The summed E-state index contributed by atoms with van der Waals surface area (Å²) >= 11 is 3.33. The van der Waals surface area contributed by atoms with Gasteiger partial charge in [-0.05, 0) is 38.1 Å². The molecule has 1 aliphatic heterocycles. The standard InChI is InChI=1S/C17H22BrN5O2S/c1-3-19-17-20-13(2)12-16(21-17)22-8-10-23(11-9-22)26(24,25)15-6-4-14(18)5-7-15/h4-7,12H,3,8-11H2,1-2H3,(H,19,20,21). The largest absolute Gasteiger partial charge is 0.354 e. The molecule has 2 heterocycles. The molecule has 1 aliphatic rings. The molecule has 1 saturated heterocycles. The molecule has 1 fully saturated rings. The summed E-state index contributed by atoms with van der Waals surface area (Å²) in [5, 5.41) is 3.13. The minimum atomic E-state index is -3.47. The van der Waals surface area contributed by atoms with Crippen molar-refractivity contribution in [3.05, 3.63) is 40.5 Å². The minimum absolute atomic E-state index is 0.321. The van der Waals surface area contributed by atoms with Gasteiger partial charge in [0.05, 0.1) is 4.90 Å². The van der Waals surface area contributed by atoms with Gasteiger partial charge >= 0.3 is 0 Å². The van der Waals surface area contributed by atoms with E-state index in [1.807, 2.05) is 19.9 Å². The van der Waals surface area contributed by atoms with Crippen LogP contribution in [-0.4, -0.2) is 55.4 Å². The molecule has 0 unspecified atom stereocenters. The molecule has 0 aliphatic carbocycles. The van der Waals surface area contributed by atoms with E-state index in [4.69, 9.17) is 0 Å². The molecular weight excluding hydrogens is 418 g/mol. The Labute approximate surface area is 162 Å². The Kier molecular flexibility index (Phi) is 5.79. The fraction of sp³-hybridized carbons (Fsp3) is 0.412. The molecule has 140 valence electrons. The van der Waals surface area contributed by atoms with Gasteiger partial charge in [0, 0.05) is 49.0 Å².